The SMILES string of the molecule is Cn1nnc2c(C(=O)Nc3cccc(F)c3N[SH](=O)=O)ncn2c1=O. The Kier molecular flexibility index (Phi) is 4.14. The summed E-state index contributed by atoms with van der Waals surface area (Å²) in [6, 6.07) is 3.61. The molecule has 1 amide bonds. The van der Waals surface area contributed by atoms with Crippen LogP contribution < -0.4 is 15.7 Å². The van der Waals surface area contributed by atoms with Crippen LogP contribution in [-0.2, 0) is 17.9 Å². The molecule has 0 fully saturated rings. The van der Waals surface area contributed by atoms with Gasteiger partial charge >= 0.3 is 5.69 Å². The van der Waals surface area contributed by atoms with Crippen molar-refractivity contribution in [1.29, 1.82) is 0 Å². The number of carbonyl (C=O) groups is 1. The summed E-state index contributed by atoms with van der Waals surface area (Å²) < 4.78 is 39.3. The zero-order chi connectivity index (χ0) is 18.1. The molecule has 3 rings (SSSR count). The molecule has 2 aromatic heterocycles. The first-order valence-electron chi connectivity index (χ1n) is 6.66. The van der Waals surface area contributed by atoms with Crippen LogP contribution in [0.25, 0.3) is 5.65 Å². The summed E-state index contributed by atoms with van der Waals surface area (Å²) in [5.41, 5.74) is -1.43. The summed E-state index contributed by atoms with van der Waals surface area (Å²) >= 11 is 0. The lowest BCUT2D eigenvalue weighted by atomic mass is 10.2. The molecule has 2 heterocycles. The van der Waals surface area contributed by atoms with Crippen molar-refractivity contribution in [1.82, 2.24) is 24.4 Å². The summed E-state index contributed by atoms with van der Waals surface area (Å²) in [5.74, 6) is -1.69. The van der Waals surface area contributed by atoms with E-state index in [1.54, 1.807) is 0 Å². The molecule has 0 aliphatic carbocycles. The van der Waals surface area contributed by atoms with E-state index in [-0.39, 0.29) is 17.0 Å². The average Bonchev–Trinajstić information content (AvgIpc) is 2.99. The van der Waals surface area contributed by atoms with Gasteiger partial charge in [-0.3, -0.25) is 9.52 Å². The highest BCUT2D eigenvalue weighted by molar-refractivity contribution is 7.73. The lowest BCUT2D eigenvalue weighted by Gasteiger charge is -2.10. The minimum atomic E-state index is -3.14. The third kappa shape index (κ3) is 3.03. The Labute approximate surface area is 140 Å². The molecule has 0 atom stereocenters. The normalized spacial score (nSPS) is 11.0. The maximum absolute atomic E-state index is 13.8. The van der Waals surface area contributed by atoms with Crippen molar-refractivity contribution in [2.45, 2.75) is 0 Å². The zero-order valence-corrected chi connectivity index (χ0v) is 13.4. The van der Waals surface area contributed by atoms with Gasteiger partial charge in [-0.05, 0) is 12.1 Å². The van der Waals surface area contributed by atoms with Gasteiger partial charge in [0.05, 0.1) is 5.69 Å². The summed E-state index contributed by atoms with van der Waals surface area (Å²) in [6.07, 6.45) is 1.10. The van der Waals surface area contributed by atoms with Gasteiger partial charge in [0.15, 0.2) is 11.3 Å². The molecule has 1 aromatic carbocycles. The molecule has 11 nitrogen and oxygen atoms in total. The van der Waals surface area contributed by atoms with Gasteiger partial charge < -0.3 is 5.32 Å². The average molecular weight is 367 g/mol. The molecule has 0 unspecified atom stereocenters. The van der Waals surface area contributed by atoms with Crippen LogP contribution in [-0.4, -0.2) is 38.7 Å². The number of nitrogens with one attached hydrogen (secondary N) is 2. The van der Waals surface area contributed by atoms with E-state index in [0.29, 0.717) is 0 Å². The Hall–Kier alpha value is -3.35. The number of hydrogen-bond acceptors (Lipinski definition) is 7. The first-order chi connectivity index (χ1) is 11.9. The summed E-state index contributed by atoms with van der Waals surface area (Å²) in [4.78, 5) is 28.0. The van der Waals surface area contributed by atoms with Crippen molar-refractivity contribution in [3.05, 3.63) is 46.5 Å². The van der Waals surface area contributed by atoms with Gasteiger partial charge in [-0.15, -0.1) is 5.10 Å². The van der Waals surface area contributed by atoms with Crippen molar-refractivity contribution < 1.29 is 17.6 Å². The highest BCUT2D eigenvalue weighted by atomic mass is 32.2. The largest absolute Gasteiger partial charge is 0.352 e. The Balaban J connectivity index is 2.00. The van der Waals surface area contributed by atoms with Crippen LogP contribution in [0, 0.1) is 5.82 Å². The molecule has 13 heteroatoms. The molecule has 0 spiro atoms. The predicted octanol–water partition coefficient (Wildman–Crippen LogP) is -0.847. The smallest absolute Gasteiger partial charge is 0.319 e. The Morgan fingerprint density at radius 2 is 2.08 bits per heavy atom. The van der Waals surface area contributed by atoms with E-state index < -0.39 is 34.0 Å². The van der Waals surface area contributed by atoms with Crippen LogP contribution in [0.5, 0.6) is 0 Å². The number of aromatic nitrogens is 5. The topological polar surface area (TPSA) is 140 Å². The molecular weight excluding hydrogens is 357 g/mol. The van der Waals surface area contributed by atoms with Crippen LogP contribution in [0.15, 0.2) is 29.3 Å². The third-order valence-electron chi connectivity index (χ3n) is 3.18. The third-order valence-corrected chi connectivity index (χ3v) is 3.58. The van der Waals surface area contributed by atoms with Crippen molar-refractivity contribution >= 4 is 33.8 Å². The van der Waals surface area contributed by atoms with Crippen molar-refractivity contribution in [2.75, 3.05) is 10.0 Å². The highest BCUT2D eigenvalue weighted by Crippen LogP contribution is 2.25. The molecule has 2 N–H and O–H groups in total. The van der Waals surface area contributed by atoms with Crippen molar-refractivity contribution in [3.63, 3.8) is 0 Å². The van der Waals surface area contributed by atoms with Crippen molar-refractivity contribution in [2.24, 2.45) is 7.05 Å². The molecule has 25 heavy (non-hydrogen) atoms. The van der Waals surface area contributed by atoms with E-state index in [1.807, 2.05) is 4.72 Å². The van der Waals surface area contributed by atoms with Gasteiger partial charge in [-0.1, -0.05) is 11.3 Å². The lowest BCUT2D eigenvalue weighted by Crippen LogP contribution is -2.27. The number of carbonyl (C=O) groups excluding carboxylic acids is 1. The maximum atomic E-state index is 13.8. The van der Waals surface area contributed by atoms with Crippen LogP contribution in [0.4, 0.5) is 15.8 Å². The Morgan fingerprint density at radius 3 is 2.80 bits per heavy atom. The first kappa shape index (κ1) is 16.5. The number of halogens is 1. The molecule has 0 saturated carbocycles. The van der Waals surface area contributed by atoms with Crippen LogP contribution >= 0.6 is 0 Å². The van der Waals surface area contributed by atoms with Crippen LogP contribution in [0.2, 0.25) is 0 Å². The number of imidazole rings is 1. The number of thiol groups is 1. The standard InChI is InChI=1S/C12H10FN7O4S/c1-19-12(22)20-5-14-9(10(20)16-18-19)11(21)15-7-4-2-3-6(13)8(7)17-25(23)24/h2-5,25H,1H3,(H,15,21)(H,17,23,24). The number of amides is 1. The summed E-state index contributed by atoms with van der Waals surface area (Å²) in [6.45, 7) is 0. The van der Waals surface area contributed by atoms with Gasteiger partial charge in [0, 0.05) is 7.05 Å². The minimum Gasteiger partial charge on any atom is -0.319 e. The second-order valence-corrected chi connectivity index (χ2v) is 5.51. The van der Waals surface area contributed by atoms with Gasteiger partial charge in [0.25, 0.3) is 5.91 Å². The molecular formula is C12H10FN7O4S. The molecule has 3 aromatic rings. The number of nitrogens with zero attached hydrogens (tertiary/aromatic N) is 5. The van der Waals surface area contributed by atoms with E-state index in [0.717, 1.165) is 21.5 Å². The number of hydrogen-bond donors (Lipinski definition) is 3. The molecule has 130 valence electrons. The van der Waals surface area contributed by atoms with E-state index in [4.69, 9.17) is 0 Å². The van der Waals surface area contributed by atoms with E-state index in [2.05, 4.69) is 20.6 Å². The van der Waals surface area contributed by atoms with Crippen LogP contribution in [0.3, 0.4) is 0 Å². The molecule has 0 aliphatic rings. The Bertz CT molecular complexity index is 1110. The van der Waals surface area contributed by atoms with Gasteiger partial charge in [-0.2, -0.15) is 4.68 Å². The minimum absolute atomic E-state index is 0.0959. The molecule has 0 bridgehead atoms. The van der Waals surface area contributed by atoms with Gasteiger partial charge in [0.2, 0.25) is 10.9 Å². The number of aryl methyl sites for hydroxylation is 1. The fourth-order valence-corrected chi connectivity index (χ4v) is 2.47. The Morgan fingerprint density at radius 1 is 1.32 bits per heavy atom. The highest BCUT2D eigenvalue weighted by Gasteiger charge is 2.19. The number of para-hydroxylation sites is 1. The zero-order valence-electron chi connectivity index (χ0n) is 12.5. The van der Waals surface area contributed by atoms with Gasteiger partial charge in [-0.25, -0.2) is 27.0 Å². The molecule has 0 aliphatic heterocycles. The quantitative estimate of drug-likeness (QED) is 0.510. The molecule has 0 radical (unpaired) electrons. The summed E-state index contributed by atoms with van der Waals surface area (Å²) in [7, 11) is -1.76. The van der Waals surface area contributed by atoms with E-state index >= 15 is 0 Å². The summed E-state index contributed by atoms with van der Waals surface area (Å²) in [5, 5.41) is 9.60. The number of fused-ring (bicyclic) bond motifs is 1. The number of benzene rings is 1. The van der Waals surface area contributed by atoms with E-state index in [9.17, 15) is 22.4 Å². The fraction of sp³-hybridized carbons (Fsp3) is 0.0833. The predicted molar refractivity (Wildman–Crippen MR) is 84.3 cm³/mol. The van der Waals surface area contributed by atoms with Gasteiger partial charge in [0.1, 0.15) is 17.8 Å². The maximum Gasteiger partial charge on any atom is 0.352 e. The van der Waals surface area contributed by atoms with Crippen molar-refractivity contribution in [3.8, 4) is 0 Å². The second kappa shape index (κ2) is 6.27. The monoisotopic (exact) mass is 367 g/mol. The second-order valence-electron chi connectivity index (χ2n) is 4.77. The fourth-order valence-electron chi connectivity index (χ4n) is 2.06. The first-order valence-corrected chi connectivity index (χ1v) is 7.84. The van der Waals surface area contributed by atoms with Crippen LogP contribution in [0.1, 0.15) is 10.5 Å². The number of rotatable bonds is 4. The molecule has 0 saturated heterocycles. The number of anilines is 2. The lowest BCUT2D eigenvalue weighted by molar-refractivity contribution is 0.102. The van der Waals surface area contributed by atoms with E-state index in [1.165, 1.54) is 19.2 Å².